The summed E-state index contributed by atoms with van der Waals surface area (Å²) >= 11 is 0.671. The smallest absolute Gasteiger partial charge is 0.331 e. The number of aromatic nitrogens is 1. The van der Waals surface area contributed by atoms with Crippen LogP contribution in [0.3, 0.4) is 0 Å². The Morgan fingerprint density at radius 3 is 2.47 bits per heavy atom. The molecule has 0 bridgehead atoms. The fraction of sp³-hybridized carbons (Fsp3) is 0.625. The van der Waals surface area contributed by atoms with Crippen LogP contribution in [0.15, 0.2) is 9.97 Å². The molecule has 0 spiro atoms. The molecule has 1 saturated heterocycles. The standard InChI is InChI=1S/C8H11N3O3S/c12-7-6(9-14)15-8(13)11(7)10-4-2-1-3-5-10/h12H,1-5H2. The van der Waals surface area contributed by atoms with Crippen LogP contribution in [0.1, 0.15) is 19.3 Å². The first-order valence-corrected chi connectivity index (χ1v) is 5.59. The molecule has 15 heavy (non-hydrogen) atoms. The number of nitrogens with zero attached hydrogens (tertiary/aromatic N) is 3. The Kier molecular flexibility index (Phi) is 2.72. The van der Waals surface area contributed by atoms with E-state index in [9.17, 15) is 14.8 Å². The maximum atomic E-state index is 11.5. The van der Waals surface area contributed by atoms with Gasteiger partial charge in [0.2, 0.25) is 5.00 Å². The van der Waals surface area contributed by atoms with Crippen molar-refractivity contribution in [3.63, 3.8) is 0 Å². The first kappa shape index (κ1) is 10.2. The number of hydrogen-bond donors (Lipinski definition) is 1. The summed E-state index contributed by atoms with van der Waals surface area (Å²) in [5.41, 5.74) is 0. The third-order valence-electron chi connectivity index (χ3n) is 2.45. The molecule has 0 radical (unpaired) electrons. The number of piperidine rings is 1. The summed E-state index contributed by atoms with van der Waals surface area (Å²) in [5, 5.41) is 13.8. The maximum Gasteiger partial charge on any atom is 0.331 e. The van der Waals surface area contributed by atoms with Crippen LogP contribution < -0.4 is 9.88 Å². The Labute approximate surface area is 89.7 Å². The Balaban J connectivity index is 2.37. The van der Waals surface area contributed by atoms with Crippen molar-refractivity contribution in [2.75, 3.05) is 18.1 Å². The van der Waals surface area contributed by atoms with Crippen LogP contribution in [-0.4, -0.2) is 22.9 Å². The minimum Gasteiger partial charge on any atom is -0.491 e. The number of nitroso groups, excluding NO2 is 1. The van der Waals surface area contributed by atoms with Gasteiger partial charge in [0.25, 0.3) is 5.88 Å². The predicted molar refractivity (Wildman–Crippen MR) is 57.5 cm³/mol. The van der Waals surface area contributed by atoms with E-state index in [1.54, 1.807) is 5.01 Å². The lowest BCUT2D eigenvalue weighted by molar-refractivity contribution is 0.383. The molecular formula is C8H11N3O3S. The number of rotatable bonds is 2. The van der Waals surface area contributed by atoms with Crippen LogP contribution in [0.4, 0.5) is 5.00 Å². The molecule has 7 heteroatoms. The van der Waals surface area contributed by atoms with E-state index in [1.807, 2.05) is 0 Å². The predicted octanol–water partition coefficient (Wildman–Crippen LogP) is 1.14. The molecule has 0 aromatic carbocycles. The van der Waals surface area contributed by atoms with Gasteiger partial charge in [-0.05, 0) is 35.8 Å². The Hall–Kier alpha value is -1.37. The zero-order valence-electron chi connectivity index (χ0n) is 8.05. The maximum absolute atomic E-state index is 11.5. The van der Waals surface area contributed by atoms with Gasteiger partial charge < -0.3 is 10.1 Å². The molecule has 1 aromatic rings. The van der Waals surface area contributed by atoms with Crippen LogP contribution in [-0.2, 0) is 0 Å². The molecule has 2 rings (SSSR count). The van der Waals surface area contributed by atoms with Gasteiger partial charge in [0, 0.05) is 13.1 Å². The monoisotopic (exact) mass is 229 g/mol. The zero-order valence-corrected chi connectivity index (χ0v) is 8.87. The highest BCUT2D eigenvalue weighted by molar-refractivity contribution is 7.13. The SMILES string of the molecule is O=Nc1sc(=O)n(N2CCCCC2)c1O. The average molecular weight is 229 g/mol. The summed E-state index contributed by atoms with van der Waals surface area (Å²) in [4.78, 5) is 21.4. The molecule has 0 unspecified atom stereocenters. The van der Waals surface area contributed by atoms with Gasteiger partial charge >= 0.3 is 4.87 Å². The van der Waals surface area contributed by atoms with Crippen molar-refractivity contribution >= 4 is 16.3 Å². The highest BCUT2D eigenvalue weighted by Crippen LogP contribution is 2.29. The Morgan fingerprint density at radius 2 is 1.93 bits per heavy atom. The molecule has 0 saturated carbocycles. The van der Waals surface area contributed by atoms with E-state index in [0.717, 1.165) is 37.0 Å². The molecule has 1 fully saturated rings. The number of aromatic hydroxyl groups is 1. The van der Waals surface area contributed by atoms with Crippen molar-refractivity contribution in [3.8, 4) is 5.88 Å². The summed E-state index contributed by atoms with van der Waals surface area (Å²) in [6.07, 6.45) is 3.12. The number of hydrogen-bond acceptors (Lipinski definition) is 6. The van der Waals surface area contributed by atoms with E-state index >= 15 is 0 Å². The van der Waals surface area contributed by atoms with Gasteiger partial charge in [-0.2, -0.15) is 4.68 Å². The second-order valence-electron chi connectivity index (χ2n) is 3.41. The van der Waals surface area contributed by atoms with Crippen molar-refractivity contribution in [2.45, 2.75) is 19.3 Å². The lowest BCUT2D eigenvalue weighted by atomic mass is 10.2. The summed E-state index contributed by atoms with van der Waals surface area (Å²) < 4.78 is 1.15. The fourth-order valence-corrected chi connectivity index (χ4v) is 2.40. The molecule has 0 atom stereocenters. The zero-order chi connectivity index (χ0) is 10.8. The van der Waals surface area contributed by atoms with Gasteiger partial charge in [0.15, 0.2) is 0 Å². The normalized spacial score (nSPS) is 16.7. The van der Waals surface area contributed by atoms with Crippen molar-refractivity contribution in [2.24, 2.45) is 5.18 Å². The minimum atomic E-state index is -0.357. The van der Waals surface area contributed by atoms with Gasteiger partial charge in [-0.1, -0.05) is 0 Å². The average Bonchev–Trinajstić information content (AvgIpc) is 2.55. The van der Waals surface area contributed by atoms with E-state index in [4.69, 9.17) is 0 Å². The lowest BCUT2D eigenvalue weighted by Gasteiger charge is -2.28. The van der Waals surface area contributed by atoms with E-state index < -0.39 is 0 Å². The quantitative estimate of drug-likeness (QED) is 0.771. The molecule has 1 aliphatic heterocycles. The molecule has 1 aliphatic rings. The van der Waals surface area contributed by atoms with E-state index in [1.165, 1.54) is 0 Å². The van der Waals surface area contributed by atoms with Crippen LogP contribution in [0.2, 0.25) is 0 Å². The van der Waals surface area contributed by atoms with E-state index in [0.29, 0.717) is 11.3 Å². The van der Waals surface area contributed by atoms with Crippen LogP contribution >= 0.6 is 11.3 Å². The fourth-order valence-electron chi connectivity index (χ4n) is 1.73. The van der Waals surface area contributed by atoms with Crippen LogP contribution in [0, 0.1) is 4.91 Å². The van der Waals surface area contributed by atoms with Gasteiger partial charge in [0.1, 0.15) is 0 Å². The van der Waals surface area contributed by atoms with Crippen molar-refractivity contribution in [3.05, 3.63) is 14.6 Å². The van der Waals surface area contributed by atoms with Crippen LogP contribution in [0.25, 0.3) is 0 Å². The van der Waals surface area contributed by atoms with Crippen molar-refractivity contribution < 1.29 is 5.11 Å². The first-order chi connectivity index (χ1) is 7.24. The summed E-state index contributed by atoms with van der Waals surface area (Å²) in [6.45, 7) is 1.45. The molecule has 0 aliphatic carbocycles. The Morgan fingerprint density at radius 1 is 1.27 bits per heavy atom. The molecule has 2 heterocycles. The third-order valence-corrected chi connectivity index (χ3v) is 3.25. The van der Waals surface area contributed by atoms with Gasteiger partial charge in [-0.15, -0.1) is 4.91 Å². The van der Waals surface area contributed by atoms with E-state index in [2.05, 4.69) is 5.18 Å². The summed E-state index contributed by atoms with van der Waals surface area (Å²) in [5.74, 6) is -0.332. The van der Waals surface area contributed by atoms with Crippen molar-refractivity contribution in [1.82, 2.24) is 4.68 Å². The van der Waals surface area contributed by atoms with Crippen molar-refractivity contribution in [1.29, 1.82) is 0 Å². The Bertz CT molecular complexity index is 419. The first-order valence-electron chi connectivity index (χ1n) is 4.77. The minimum absolute atomic E-state index is 0.148. The molecule has 1 aromatic heterocycles. The van der Waals surface area contributed by atoms with E-state index in [-0.39, 0.29) is 15.8 Å². The van der Waals surface area contributed by atoms with Gasteiger partial charge in [0.05, 0.1) is 0 Å². The number of thiazole rings is 1. The molecular weight excluding hydrogens is 218 g/mol. The molecule has 82 valence electrons. The third kappa shape index (κ3) is 1.74. The summed E-state index contributed by atoms with van der Waals surface area (Å²) in [7, 11) is 0. The molecule has 6 nitrogen and oxygen atoms in total. The largest absolute Gasteiger partial charge is 0.491 e. The molecule has 1 N–H and O–H groups in total. The topological polar surface area (TPSA) is 74.9 Å². The highest BCUT2D eigenvalue weighted by Gasteiger charge is 2.20. The van der Waals surface area contributed by atoms with Crippen LogP contribution in [0.5, 0.6) is 5.88 Å². The second-order valence-corrected chi connectivity index (χ2v) is 4.35. The lowest BCUT2D eigenvalue weighted by Crippen LogP contribution is -2.43. The molecule has 0 amide bonds. The van der Waals surface area contributed by atoms with Gasteiger partial charge in [-0.25, -0.2) is 0 Å². The second kappa shape index (κ2) is 4.01. The summed E-state index contributed by atoms with van der Waals surface area (Å²) in [6, 6.07) is 0. The van der Waals surface area contributed by atoms with Gasteiger partial charge in [-0.3, -0.25) is 4.79 Å². The highest BCUT2D eigenvalue weighted by atomic mass is 32.1.